The Hall–Kier alpha value is -4.05. The number of nitrogens with zero attached hydrogens (tertiary/aromatic N) is 9. The number of carbonyl (C=O) groups is 2. The minimum atomic E-state index is -0.891. The summed E-state index contributed by atoms with van der Waals surface area (Å²) in [4.78, 5) is 44.2. The van der Waals surface area contributed by atoms with Crippen LogP contribution < -0.4 is 0 Å². The van der Waals surface area contributed by atoms with Gasteiger partial charge >= 0.3 is 11.9 Å². The lowest BCUT2D eigenvalue weighted by molar-refractivity contribution is -0.143. The standard InChI is InChI=1S/C29H39N9O4/c1-4-24-7-5-9-26(32-24)20-35-11-15-37(22(2)28(39)40)17-13-36(14-18-38(16-12-35)23(3)29(41)42)21-27-10-6-8-25(33-27)19-31-34-30/h1,5-10,22-23H,11-21H2,2-3H3,(H,39,40)(H,41,42)/t22-,23-/m1/s1. The largest absolute Gasteiger partial charge is 0.480 e. The second kappa shape index (κ2) is 16.4. The predicted molar refractivity (Wildman–Crippen MR) is 157 cm³/mol. The highest BCUT2D eigenvalue weighted by molar-refractivity contribution is 5.73. The van der Waals surface area contributed by atoms with E-state index in [1.165, 1.54) is 0 Å². The Morgan fingerprint density at radius 1 is 0.857 bits per heavy atom. The Kier molecular flexibility index (Phi) is 12.7. The van der Waals surface area contributed by atoms with E-state index in [2.05, 4.69) is 35.7 Å². The molecule has 1 aliphatic heterocycles. The fourth-order valence-electron chi connectivity index (χ4n) is 4.85. The Bertz CT molecular complexity index is 1260. The van der Waals surface area contributed by atoms with Crippen LogP contribution in [-0.2, 0) is 29.2 Å². The average Bonchev–Trinajstić information content (AvgIpc) is 2.98. The molecular weight excluding hydrogens is 538 g/mol. The zero-order chi connectivity index (χ0) is 30.5. The highest BCUT2D eigenvalue weighted by Gasteiger charge is 2.26. The molecule has 3 rings (SSSR count). The highest BCUT2D eigenvalue weighted by Crippen LogP contribution is 2.12. The number of azide groups is 1. The second-order valence-electron chi connectivity index (χ2n) is 10.3. The van der Waals surface area contributed by atoms with E-state index in [1.807, 2.05) is 34.1 Å². The fourth-order valence-corrected chi connectivity index (χ4v) is 4.85. The van der Waals surface area contributed by atoms with Crippen molar-refractivity contribution >= 4 is 11.9 Å². The van der Waals surface area contributed by atoms with Gasteiger partial charge in [-0.2, -0.15) is 0 Å². The van der Waals surface area contributed by atoms with Crippen LogP contribution in [0.5, 0.6) is 0 Å². The Morgan fingerprint density at radius 3 is 1.76 bits per heavy atom. The molecule has 2 aromatic rings. The van der Waals surface area contributed by atoms with E-state index in [1.54, 1.807) is 26.0 Å². The Labute approximate surface area is 246 Å². The number of aromatic nitrogens is 2. The molecule has 0 spiro atoms. The number of carboxylic acid groups (broad SMARTS) is 2. The van der Waals surface area contributed by atoms with Gasteiger partial charge in [0, 0.05) is 76.1 Å². The van der Waals surface area contributed by atoms with Gasteiger partial charge in [0.25, 0.3) is 0 Å². The van der Waals surface area contributed by atoms with Gasteiger partial charge in [-0.25, -0.2) is 4.98 Å². The van der Waals surface area contributed by atoms with Gasteiger partial charge in [-0.1, -0.05) is 23.2 Å². The molecule has 13 nitrogen and oxygen atoms in total. The molecule has 2 atom stereocenters. The van der Waals surface area contributed by atoms with Crippen LogP contribution >= 0.6 is 0 Å². The summed E-state index contributed by atoms with van der Waals surface area (Å²) in [6, 6.07) is 9.71. The summed E-state index contributed by atoms with van der Waals surface area (Å²) in [5, 5.41) is 23.3. The summed E-state index contributed by atoms with van der Waals surface area (Å²) in [6.45, 7) is 8.78. The third-order valence-corrected chi connectivity index (χ3v) is 7.51. The molecule has 0 aliphatic carbocycles. The average molecular weight is 578 g/mol. The molecule has 0 bridgehead atoms. The van der Waals surface area contributed by atoms with Crippen molar-refractivity contribution in [3.05, 3.63) is 69.6 Å². The zero-order valence-electron chi connectivity index (χ0n) is 24.2. The number of aliphatic carboxylic acids is 2. The monoisotopic (exact) mass is 577 g/mol. The first-order chi connectivity index (χ1) is 20.2. The summed E-state index contributed by atoms with van der Waals surface area (Å²) < 4.78 is 0. The Balaban J connectivity index is 1.85. The molecule has 0 radical (unpaired) electrons. The van der Waals surface area contributed by atoms with Gasteiger partial charge in [0.1, 0.15) is 17.8 Å². The fraction of sp³-hybridized carbons (Fsp3) is 0.517. The predicted octanol–water partition coefficient (Wildman–Crippen LogP) is 2.14. The lowest BCUT2D eigenvalue weighted by Crippen LogP contribution is -2.51. The first-order valence-electron chi connectivity index (χ1n) is 14.0. The van der Waals surface area contributed by atoms with Crippen LogP contribution in [0.25, 0.3) is 10.4 Å². The van der Waals surface area contributed by atoms with Crippen molar-refractivity contribution in [2.45, 2.75) is 45.6 Å². The SMILES string of the molecule is C#Cc1cccc(CN2CCN([C@H](C)C(=O)O)CCN(Cc3cccc(CN=[N+]=[N-])n3)CCN([C@H](C)C(=O)O)CC2)n1. The molecule has 0 saturated carbocycles. The van der Waals surface area contributed by atoms with Gasteiger partial charge < -0.3 is 10.2 Å². The van der Waals surface area contributed by atoms with E-state index in [9.17, 15) is 19.8 Å². The smallest absolute Gasteiger partial charge is 0.320 e. The number of rotatable bonds is 10. The molecule has 1 saturated heterocycles. The van der Waals surface area contributed by atoms with E-state index in [-0.39, 0.29) is 6.54 Å². The lowest BCUT2D eigenvalue weighted by Gasteiger charge is -2.36. The maximum absolute atomic E-state index is 12.0. The summed E-state index contributed by atoms with van der Waals surface area (Å²) >= 11 is 0. The molecule has 2 N–H and O–H groups in total. The number of hydrogen-bond acceptors (Lipinski definition) is 9. The van der Waals surface area contributed by atoms with E-state index < -0.39 is 24.0 Å². The van der Waals surface area contributed by atoms with Gasteiger partial charge in [0.05, 0.1) is 17.9 Å². The van der Waals surface area contributed by atoms with Crippen molar-refractivity contribution < 1.29 is 19.8 Å². The van der Waals surface area contributed by atoms with Crippen LogP contribution in [-0.4, -0.2) is 116 Å². The van der Waals surface area contributed by atoms with E-state index >= 15 is 0 Å². The third kappa shape index (κ3) is 10.1. The van der Waals surface area contributed by atoms with Gasteiger partial charge in [-0.15, -0.1) is 6.42 Å². The highest BCUT2D eigenvalue weighted by atomic mass is 16.4. The van der Waals surface area contributed by atoms with Crippen LogP contribution in [0.15, 0.2) is 41.5 Å². The van der Waals surface area contributed by atoms with Crippen LogP contribution in [0.3, 0.4) is 0 Å². The maximum atomic E-state index is 12.0. The molecule has 0 amide bonds. The van der Waals surface area contributed by atoms with Gasteiger partial charge in [0.15, 0.2) is 0 Å². The summed E-state index contributed by atoms with van der Waals surface area (Å²) in [5.74, 6) is 0.776. The summed E-state index contributed by atoms with van der Waals surface area (Å²) in [5.41, 5.74) is 11.4. The molecule has 0 aromatic carbocycles. The molecule has 1 aliphatic rings. The minimum absolute atomic E-state index is 0.150. The second-order valence-corrected chi connectivity index (χ2v) is 10.3. The third-order valence-electron chi connectivity index (χ3n) is 7.51. The van der Waals surface area contributed by atoms with Crippen molar-refractivity contribution in [3.63, 3.8) is 0 Å². The first kappa shape index (κ1) is 32.5. The summed E-state index contributed by atoms with van der Waals surface area (Å²) in [7, 11) is 0. The minimum Gasteiger partial charge on any atom is -0.480 e. The molecule has 3 heterocycles. The van der Waals surface area contributed by atoms with Crippen molar-refractivity contribution in [1.82, 2.24) is 29.6 Å². The van der Waals surface area contributed by atoms with Crippen molar-refractivity contribution in [1.29, 1.82) is 0 Å². The molecule has 2 aromatic heterocycles. The van der Waals surface area contributed by atoms with Gasteiger partial charge in [-0.05, 0) is 43.6 Å². The van der Waals surface area contributed by atoms with Crippen LogP contribution in [0.4, 0.5) is 0 Å². The van der Waals surface area contributed by atoms with Crippen molar-refractivity contribution in [2.24, 2.45) is 5.11 Å². The van der Waals surface area contributed by atoms with Crippen LogP contribution in [0, 0.1) is 12.3 Å². The number of hydrogen-bond donors (Lipinski definition) is 2. The quantitative estimate of drug-likeness (QED) is 0.185. The first-order valence-corrected chi connectivity index (χ1v) is 14.0. The molecular formula is C29H39N9O4. The van der Waals surface area contributed by atoms with E-state index in [0.717, 1.165) is 11.4 Å². The molecule has 42 heavy (non-hydrogen) atoms. The molecule has 0 unspecified atom stereocenters. The normalized spacial score (nSPS) is 18.0. The molecule has 224 valence electrons. The van der Waals surface area contributed by atoms with Crippen LogP contribution in [0.1, 0.15) is 36.6 Å². The van der Waals surface area contributed by atoms with Crippen molar-refractivity contribution in [2.75, 3.05) is 52.4 Å². The molecule has 13 heteroatoms. The summed E-state index contributed by atoms with van der Waals surface area (Å²) in [6.07, 6.45) is 5.54. The Morgan fingerprint density at radius 2 is 1.31 bits per heavy atom. The number of pyridine rings is 2. The van der Waals surface area contributed by atoms with Gasteiger partial charge in [-0.3, -0.25) is 34.2 Å². The van der Waals surface area contributed by atoms with E-state index in [4.69, 9.17) is 12.0 Å². The topological polar surface area (TPSA) is 162 Å². The zero-order valence-corrected chi connectivity index (χ0v) is 24.2. The number of carboxylic acids is 2. The van der Waals surface area contributed by atoms with E-state index in [0.29, 0.717) is 76.8 Å². The van der Waals surface area contributed by atoms with Crippen molar-refractivity contribution in [3.8, 4) is 12.3 Å². The number of terminal acetylenes is 1. The van der Waals surface area contributed by atoms with Gasteiger partial charge in [0.2, 0.25) is 0 Å². The lowest BCUT2D eigenvalue weighted by atomic mass is 10.2. The molecule has 1 fully saturated rings. The maximum Gasteiger partial charge on any atom is 0.320 e. The van der Waals surface area contributed by atoms with Crippen LogP contribution in [0.2, 0.25) is 0 Å².